The number of aromatic amines is 1. The van der Waals surface area contributed by atoms with E-state index in [1.165, 1.54) is 0 Å². The van der Waals surface area contributed by atoms with Crippen molar-refractivity contribution >= 4 is 22.7 Å². The molecule has 2 N–H and O–H groups in total. The van der Waals surface area contributed by atoms with E-state index >= 15 is 0 Å². The number of H-pyrrole nitrogens is 1. The summed E-state index contributed by atoms with van der Waals surface area (Å²) in [6.45, 7) is 1.76. The van der Waals surface area contributed by atoms with Gasteiger partial charge in [0.25, 0.3) is 0 Å². The van der Waals surface area contributed by atoms with Crippen LogP contribution < -0.4 is 5.32 Å². The minimum Gasteiger partial charge on any atom is -0.376 e. The van der Waals surface area contributed by atoms with Crippen LogP contribution >= 0.6 is 0 Å². The van der Waals surface area contributed by atoms with Crippen LogP contribution in [0.5, 0.6) is 0 Å². The van der Waals surface area contributed by atoms with Gasteiger partial charge in [0.15, 0.2) is 0 Å². The van der Waals surface area contributed by atoms with Crippen molar-refractivity contribution in [2.24, 2.45) is 0 Å². The third-order valence-electron chi connectivity index (χ3n) is 5.17. The molecule has 0 unspecified atom stereocenters. The van der Waals surface area contributed by atoms with Gasteiger partial charge in [-0.25, -0.2) is 0 Å². The molecule has 2 saturated heterocycles. The van der Waals surface area contributed by atoms with Crippen LogP contribution in [0.4, 0.5) is 0 Å². The van der Waals surface area contributed by atoms with Crippen molar-refractivity contribution in [2.45, 2.75) is 44.4 Å². The van der Waals surface area contributed by atoms with E-state index in [1.54, 1.807) is 4.90 Å². The Morgan fingerprint density at radius 1 is 1.32 bits per heavy atom. The van der Waals surface area contributed by atoms with Gasteiger partial charge in [0, 0.05) is 43.2 Å². The molecule has 6 nitrogen and oxygen atoms in total. The third-order valence-corrected chi connectivity index (χ3v) is 5.17. The van der Waals surface area contributed by atoms with E-state index < -0.39 is 0 Å². The summed E-state index contributed by atoms with van der Waals surface area (Å²) in [5.74, 6) is -0.0243. The van der Waals surface area contributed by atoms with Crippen molar-refractivity contribution < 1.29 is 14.3 Å². The molecule has 1 aromatic carbocycles. The highest BCUT2D eigenvalue weighted by atomic mass is 16.5. The average molecular weight is 341 g/mol. The largest absolute Gasteiger partial charge is 0.376 e. The molecule has 0 saturated carbocycles. The summed E-state index contributed by atoms with van der Waals surface area (Å²) < 4.78 is 5.55. The Morgan fingerprint density at radius 2 is 2.20 bits per heavy atom. The van der Waals surface area contributed by atoms with Crippen molar-refractivity contribution in [2.75, 3.05) is 13.2 Å². The number of hydrogen-bond donors (Lipinski definition) is 2. The lowest BCUT2D eigenvalue weighted by atomic mass is 10.1. The van der Waals surface area contributed by atoms with Crippen LogP contribution in [0.15, 0.2) is 30.5 Å². The second-order valence-electron chi connectivity index (χ2n) is 6.82. The van der Waals surface area contributed by atoms with Gasteiger partial charge >= 0.3 is 0 Å². The zero-order valence-corrected chi connectivity index (χ0v) is 14.2. The van der Waals surface area contributed by atoms with Gasteiger partial charge in [-0.05, 0) is 30.9 Å². The fourth-order valence-corrected chi connectivity index (χ4v) is 3.79. The van der Waals surface area contributed by atoms with E-state index in [9.17, 15) is 9.59 Å². The number of benzene rings is 1. The smallest absolute Gasteiger partial charge is 0.242 e. The number of amides is 2. The van der Waals surface area contributed by atoms with E-state index in [0.717, 1.165) is 35.9 Å². The number of carbonyl (C=O) groups excluding carboxylic acids is 2. The molecule has 6 heteroatoms. The Morgan fingerprint density at radius 3 is 3.04 bits per heavy atom. The lowest BCUT2D eigenvalue weighted by Gasteiger charge is -2.24. The van der Waals surface area contributed by atoms with Crippen LogP contribution in [0.1, 0.15) is 31.2 Å². The maximum Gasteiger partial charge on any atom is 0.242 e. The Kier molecular flexibility index (Phi) is 4.44. The monoisotopic (exact) mass is 341 g/mol. The van der Waals surface area contributed by atoms with Crippen molar-refractivity contribution in [3.8, 4) is 0 Å². The standard InChI is InChI=1S/C19H23N3O3/c23-18-8-7-17(19(24)21-11-14-4-3-9-25-14)22(18)12-13-10-20-16-6-2-1-5-15(13)16/h1-2,5-6,10,14,17,20H,3-4,7-9,11-12H2,(H,21,24)/t14-,17-/m1/s1. The maximum atomic E-state index is 12.6. The molecule has 0 spiro atoms. The first kappa shape index (κ1) is 16.1. The molecule has 3 heterocycles. The molecule has 2 aromatic rings. The number of hydrogen-bond acceptors (Lipinski definition) is 3. The Balaban J connectivity index is 1.45. The number of fused-ring (bicyclic) bond motifs is 1. The van der Waals surface area contributed by atoms with Crippen LogP contribution in [0.3, 0.4) is 0 Å². The lowest BCUT2D eigenvalue weighted by Crippen LogP contribution is -2.46. The Labute approximate surface area is 146 Å². The number of ether oxygens (including phenoxy) is 1. The van der Waals surface area contributed by atoms with E-state index in [4.69, 9.17) is 4.74 Å². The molecular weight excluding hydrogens is 318 g/mol. The number of rotatable bonds is 5. The summed E-state index contributed by atoms with van der Waals surface area (Å²) in [5.41, 5.74) is 2.09. The van der Waals surface area contributed by atoms with Crippen LogP contribution in [0, 0.1) is 0 Å². The van der Waals surface area contributed by atoms with Gasteiger partial charge in [0.1, 0.15) is 6.04 Å². The number of nitrogens with zero attached hydrogens (tertiary/aromatic N) is 1. The van der Waals surface area contributed by atoms with Crippen LogP contribution in [-0.2, 0) is 20.9 Å². The first-order valence-corrected chi connectivity index (χ1v) is 8.96. The van der Waals surface area contributed by atoms with Gasteiger partial charge in [0.2, 0.25) is 11.8 Å². The molecule has 132 valence electrons. The quantitative estimate of drug-likeness (QED) is 0.873. The van der Waals surface area contributed by atoms with Crippen molar-refractivity contribution in [1.82, 2.24) is 15.2 Å². The molecular formula is C19H23N3O3. The summed E-state index contributed by atoms with van der Waals surface area (Å²) in [6, 6.07) is 7.62. The number of likely N-dealkylation sites (tertiary alicyclic amines) is 1. The number of para-hydroxylation sites is 1. The molecule has 0 bridgehead atoms. The fourth-order valence-electron chi connectivity index (χ4n) is 3.79. The molecule has 1 aromatic heterocycles. The number of aromatic nitrogens is 1. The van der Waals surface area contributed by atoms with Gasteiger partial charge in [-0.2, -0.15) is 0 Å². The summed E-state index contributed by atoms with van der Waals surface area (Å²) in [6.07, 6.45) is 5.09. The first-order valence-electron chi connectivity index (χ1n) is 8.96. The zero-order valence-electron chi connectivity index (χ0n) is 14.2. The third kappa shape index (κ3) is 3.26. The number of carbonyl (C=O) groups is 2. The van der Waals surface area contributed by atoms with Gasteiger partial charge in [0.05, 0.1) is 6.10 Å². The summed E-state index contributed by atoms with van der Waals surface area (Å²) in [5, 5.41) is 4.07. The van der Waals surface area contributed by atoms with Crippen molar-refractivity contribution in [3.63, 3.8) is 0 Å². The minimum absolute atomic E-state index is 0.0440. The highest BCUT2D eigenvalue weighted by molar-refractivity contribution is 5.91. The molecule has 2 atom stereocenters. The minimum atomic E-state index is -0.387. The van der Waals surface area contributed by atoms with Gasteiger partial charge < -0.3 is 19.9 Å². The summed E-state index contributed by atoms with van der Waals surface area (Å²) in [7, 11) is 0. The van der Waals surface area contributed by atoms with Gasteiger partial charge in [-0.3, -0.25) is 9.59 Å². The van der Waals surface area contributed by atoms with E-state index in [2.05, 4.69) is 10.3 Å². The molecule has 0 aliphatic carbocycles. The molecule has 2 aliphatic heterocycles. The van der Waals surface area contributed by atoms with Crippen molar-refractivity contribution in [3.05, 3.63) is 36.0 Å². The second kappa shape index (κ2) is 6.88. The zero-order chi connectivity index (χ0) is 17.2. The average Bonchev–Trinajstić information content (AvgIpc) is 3.35. The predicted molar refractivity (Wildman–Crippen MR) is 93.9 cm³/mol. The fraction of sp³-hybridized carbons (Fsp3) is 0.474. The molecule has 2 amide bonds. The summed E-state index contributed by atoms with van der Waals surface area (Å²) in [4.78, 5) is 29.8. The van der Waals surface area contributed by atoms with Crippen LogP contribution in [0.2, 0.25) is 0 Å². The highest BCUT2D eigenvalue weighted by Gasteiger charge is 2.36. The van der Waals surface area contributed by atoms with Crippen LogP contribution in [0.25, 0.3) is 10.9 Å². The second-order valence-corrected chi connectivity index (χ2v) is 6.82. The first-order chi connectivity index (χ1) is 12.2. The van der Waals surface area contributed by atoms with Gasteiger partial charge in [-0.15, -0.1) is 0 Å². The molecule has 0 radical (unpaired) electrons. The van der Waals surface area contributed by atoms with Crippen LogP contribution in [-0.4, -0.2) is 47.0 Å². The molecule has 4 rings (SSSR count). The van der Waals surface area contributed by atoms with Gasteiger partial charge in [-0.1, -0.05) is 18.2 Å². The van der Waals surface area contributed by atoms with E-state index in [-0.39, 0.29) is 24.0 Å². The van der Waals surface area contributed by atoms with E-state index in [0.29, 0.717) is 25.9 Å². The summed E-state index contributed by atoms with van der Waals surface area (Å²) >= 11 is 0. The topological polar surface area (TPSA) is 74.4 Å². The SMILES string of the molecule is O=C(NC[C@H]1CCCO1)[C@H]1CCC(=O)N1Cc1c[nH]c2ccccc12. The number of nitrogens with one attached hydrogen (secondary N) is 2. The maximum absolute atomic E-state index is 12.6. The predicted octanol–water partition coefficient (Wildman–Crippen LogP) is 1.95. The molecule has 2 fully saturated rings. The molecule has 25 heavy (non-hydrogen) atoms. The lowest BCUT2D eigenvalue weighted by molar-refractivity contribution is -0.136. The normalized spacial score (nSPS) is 23.5. The highest BCUT2D eigenvalue weighted by Crippen LogP contribution is 2.25. The molecule has 2 aliphatic rings. The van der Waals surface area contributed by atoms with Crippen molar-refractivity contribution in [1.29, 1.82) is 0 Å². The Bertz CT molecular complexity index is 779. The Hall–Kier alpha value is -2.34. The van der Waals surface area contributed by atoms with E-state index in [1.807, 2.05) is 30.5 Å².